The van der Waals surface area contributed by atoms with Crippen LogP contribution in [0, 0.1) is 0 Å². The van der Waals surface area contributed by atoms with Crippen LogP contribution in [0.5, 0.6) is 0 Å². The lowest BCUT2D eigenvalue weighted by Gasteiger charge is -2.44. The largest absolute Gasteiger partial charge is 0.477 e. The number of thioether (sulfide) groups is 1. The Balaban J connectivity index is 2.33. The van der Waals surface area contributed by atoms with Crippen molar-refractivity contribution in [2.24, 2.45) is 0 Å². The Kier molecular flexibility index (Phi) is 3.54. The van der Waals surface area contributed by atoms with Crippen molar-refractivity contribution in [1.82, 2.24) is 4.90 Å². The predicted octanol–water partition coefficient (Wildman–Crippen LogP) is 0.758. The van der Waals surface area contributed by atoms with Gasteiger partial charge < -0.3 is 9.84 Å². The molecule has 0 aromatic rings. The van der Waals surface area contributed by atoms with Crippen molar-refractivity contribution in [3.05, 3.63) is 11.3 Å². The molecule has 0 aromatic carbocycles. The van der Waals surface area contributed by atoms with Gasteiger partial charge in [0.15, 0.2) is 5.56 Å². The van der Waals surface area contributed by atoms with E-state index in [1.54, 1.807) is 0 Å². The van der Waals surface area contributed by atoms with Crippen LogP contribution in [-0.2, 0) is 19.1 Å². The summed E-state index contributed by atoms with van der Waals surface area (Å²) in [5.74, 6) is -1.76. The van der Waals surface area contributed by atoms with Crippen molar-refractivity contribution in [3.8, 4) is 0 Å². The lowest BCUT2D eigenvalue weighted by atomic mass is 10.1. The molecule has 1 amide bonds. The minimum absolute atomic E-state index is 0.145. The molecular weight excluding hydrogens is 282 g/mol. The molecule has 2 aliphatic rings. The highest BCUT2D eigenvalue weighted by molar-refractivity contribution is 8.00. The van der Waals surface area contributed by atoms with E-state index in [1.165, 1.54) is 23.6 Å². The number of ether oxygens (including phenoxy) is 1. The smallest absolute Gasteiger partial charge is 0.352 e. The lowest BCUT2D eigenvalue weighted by molar-refractivity contribution is -0.146. The van der Waals surface area contributed by atoms with E-state index in [1.807, 2.05) is 0 Å². The maximum atomic E-state index is 11.4. The zero-order valence-electron chi connectivity index (χ0n) is 9.38. The first-order valence-electron chi connectivity index (χ1n) is 5.13. The summed E-state index contributed by atoms with van der Waals surface area (Å²) in [4.78, 5) is 34.7. The number of carbonyl (C=O) groups is 3. The van der Waals surface area contributed by atoms with Crippen LogP contribution >= 0.6 is 23.4 Å². The van der Waals surface area contributed by atoms with Crippen LogP contribution < -0.4 is 0 Å². The van der Waals surface area contributed by atoms with Crippen molar-refractivity contribution < 1.29 is 24.2 Å². The monoisotopic (exact) mass is 291 g/mol. The number of fused-ring (bicyclic) bond motifs is 1. The van der Waals surface area contributed by atoms with Crippen LogP contribution in [0.4, 0.5) is 0 Å². The maximum Gasteiger partial charge on any atom is 0.352 e. The minimum Gasteiger partial charge on any atom is -0.477 e. The molecule has 2 rings (SSSR count). The minimum atomic E-state index is -1.24. The molecule has 2 aliphatic heterocycles. The molecule has 0 saturated carbocycles. The van der Waals surface area contributed by atoms with E-state index in [0.29, 0.717) is 12.2 Å². The molecule has 1 N–H and O–H groups in total. The van der Waals surface area contributed by atoms with Crippen LogP contribution in [0.25, 0.3) is 0 Å². The van der Waals surface area contributed by atoms with Gasteiger partial charge in [-0.15, -0.1) is 11.8 Å². The van der Waals surface area contributed by atoms with Crippen molar-refractivity contribution in [3.63, 3.8) is 0 Å². The van der Waals surface area contributed by atoms with Crippen LogP contribution in [0.2, 0.25) is 0 Å². The molecule has 6 nitrogen and oxygen atoms in total. The van der Waals surface area contributed by atoms with Gasteiger partial charge in [0, 0.05) is 18.2 Å². The molecule has 1 unspecified atom stereocenters. The molecule has 0 aliphatic carbocycles. The summed E-state index contributed by atoms with van der Waals surface area (Å²) in [5.41, 5.74) is -1.07. The third-order valence-corrected chi connectivity index (χ3v) is 4.22. The number of halogens is 1. The summed E-state index contributed by atoms with van der Waals surface area (Å²) in [5, 5.41) is 9.03. The van der Waals surface area contributed by atoms with E-state index in [9.17, 15) is 19.5 Å². The Morgan fingerprint density at radius 1 is 1.61 bits per heavy atom. The van der Waals surface area contributed by atoms with E-state index >= 15 is 0 Å². The van der Waals surface area contributed by atoms with E-state index in [4.69, 9.17) is 16.3 Å². The quantitative estimate of drug-likeness (QED) is 0.469. The molecular formula is C10H10ClNO5S. The number of carbonyl (C=O) groups excluding carboxylic acids is 2. The van der Waals surface area contributed by atoms with Gasteiger partial charge in [-0.3, -0.25) is 14.5 Å². The van der Waals surface area contributed by atoms with E-state index in [2.05, 4.69) is 0 Å². The Labute approximate surface area is 112 Å². The third-order valence-electron chi connectivity index (χ3n) is 2.63. The summed E-state index contributed by atoms with van der Waals surface area (Å²) in [6.07, 6.45) is 0.329. The number of nitrogens with zero attached hydrogens (tertiary/aromatic N) is 1. The van der Waals surface area contributed by atoms with Gasteiger partial charge in [-0.25, -0.2) is 4.79 Å². The highest BCUT2D eigenvalue weighted by Gasteiger charge is 2.46. The highest BCUT2D eigenvalue weighted by Crippen LogP contribution is 2.41. The Hall–Kier alpha value is -1.21. The normalized spacial score (nSPS) is 24.2. The molecule has 0 bridgehead atoms. The van der Waals surface area contributed by atoms with Crippen LogP contribution in [0.15, 0.2) is 11.3 Å². The molecule has 2 atom stereocenters. The predicted molar refractivity (Wildman–Crippen MR) is 63.8 cm³/mol. The molecule has 0 aromatic heterocycles. The van der Waals surface area contributed by atoms with Crippen molar-refractivity contribution in [2.45, 2.75) is 24.3 Å². The number of carboxylic acid groups (broad SMARTS) is 1. The maximum absolute atomic E-state index is 11.4. The van der Waals surface area contributed by atoms with Gasteiger partial charge in [0.1, 0.15) is 5.70 Å². The Morgan fingerprint density at radius 3 is 2.78 bits per heavy atom. The number of esters is 1. The molecule has 0 spiro atoms. The average molecular weight is 292 g/mol. The second-order valence-corrected chi connectivity index (χ2v) is 5.40. The molecule has 1 fully saturated rings. The zero-order chi connectivity index (χ0) is 13.4. The van der Waals surface area contributed by atoms with Gasteiger partial charge in [-0.1, -0.05) is 11.6 Å². The number of amides is 1. The van der Waals surface area contributed by atoms with Gasteiger partial charge >= 0.3 is 11.9 Å². The van der Waals surface area contributed by atoms with Gasteiger partial charge in [-0.2, -0.15) is 0 Å². The van der Waals surface area contributed by atoms with E-state index in [0.717, 1.165) is 0 Å². The Morgan fingerprint density at radius 2 is 2.28 bits per heavy atom. The van der Waals surface area contributed by atoms with Gasteiger partial charge in [0.25, 0.3) is 0 Å². The molecule has 2 heterocycles. The summed E-state index contributed by atoms with van der Waals surface area (Å²) in [6, 6.07) is 0. The van der Waals surface area contributed by atoms with E-state index in [-0.39, 0.29) is 22.6 Å². The number of rotatable bonds is 3. The third kappa shape index (κ3) is 2.20. The lowest BCUT2D eigenvalue weighted by Crippen LogP contribution is -2.54. The molecule has 8 heteroatoms. The fourth-order valence-electron chi connectivity index (χ4n) is 1.83. The zero-order valence-corrected chi connectivity index (χ0v) is 11.0. The number of hydrogen-bond donors (Lipinski definition) is 1. The van der Waals surface area contributed by atoms with Gasteiger partial charge in [-0.05, 0) is 0 Å². The first kappa shape index (κ1) is 13.2. The van der Waals surface area contributed by atoms with Crippen molar-refractivity contribution >= 4 is 41.2 Å². The Bertz CT molecular complexity index is 463. The van der Waals surface area contributed by atoms with Crippen LogP contribution in [0.3, 0.4) is 0 Å². The van der Waals surface area contributed by atoms with Crippen LogP contribution in [0.1, 0.15) is 13.3 Å². The first-order chi connectivity index (χ1) is 8.41. The van der Waals surface area contributed by atoms with Crippen molar-refractivity contribution in [2.75, 3.05) is 5.75 Å². The summed E-state index contributed by atoms with van der Waals surface area (Å²) in [6.45, 7) is 1.18. The van der Waals surface area contributed by atoms with Crippen molar-refractivity contribution in [1.29, 1.82) is 0 Å². The number of alkyl halides is 1. The topological polar surface area (TPSA) is 83.9 Å². The summed E-state index contributed by atoms with van der Waals surface area (Å²) in [7, 11) is 0. The number of aliphatic carboxylic acids is 1. The average Bonchev–Trinajstić information content (AvgIpc) is 2.25. The van der Waals surface area contributed by atoms with Gasteiger partial charge in [0.2, 0.25) is 5.91 Å². The molecule has 18 heavy (non-hydrogen) atoms. The fourth-order valence-corrected chi connectivity index (χ4v) is 3.52. The molecule has 1 saturated heterocycles. The van der Waals surface area contributed by atoms with E-state index < -0.39 is 17.5 Å². The number of hydrogen-bond acceptors (Lipinski definition) is 5. The SMILES string of the molecule is CC(=O)OC(Cl)C1=C(C(=O)O)N2C(=O)C[C@H]2SC1. The molecule has 0 radical (unpaired) electrons. The van der Waals surface area contributed by atoms with Crippen LogP contribution in [-0.4, -0.2) is 44.5 Å². The molecule has 98 valence electrons. The van der Waals surface area contributed by atoms with Gasteiger partial charge in [0.05, 0.1) is 11.8 Å². The highest BCUT2D eigenvalue weighted by atomic mass is 35.5. The summed E-state index contributed by atoms with van der Waals surface area (Å²) < 4.78 is 4.77. The first-order valence-corrected chi connectivity index (χ1v) is 6.61. The number of carboxylic acids is 1. The number of β-lactam (4-membered cyclic amide) rings is 1. The summed E-state index contributed by atoms with van der Waals surface area (Å²) >= 11 is 7.27. The standard InChI is InChI=1S/C10H10ClNO5S/c1-4(13)17-9(11)5-3-18-7-2-6(14)12(7)8(5)10(15)16/h7,9H,2-3H2,1H3,(H,15,16)/t7-,9?/m1/s1. The fraction of sp³-hybridized carbons (Fsp3) is 0.500. The second kappa shape index (κ2) is 4.81. The second-order valence-electron chi connectivity index (χ2n) is 3.84.